The minimum atomic E-state index is 1.08. The van der Waals surface area contributed by atoms with Gasteiger partial charge in [-0.2, -0.15) is 0 Å². The number of benzene rings is 5. The maximum atomic E-state index is 3.71. The Labute approximate surface area is 199 Å². The molecule has 0 aliphatic heterocycles. The van der Waals surface area contributed by atoms with Crippen LogP contribution in [-0.4, -0.2) is 9.13 Å². The SMILES string of the molecule is Brc1ccc2c3c(ccc4c5ccccc5n(-c5ccccc5)c43)n(-c3ccccc3)c2c1. The Kier molecular flexibility index (Phi) is 4.02. The topological polar surface area (TPSA) is 9.86 Å². The summed E-state index contributed by atoms with van der Waals surface area (Å²) in [5.41, 5.74) is 7.22. The molecule has 0 amide bonds. The third-order valence-corrected chi connectivity index (χ3v) is 7.05. The van der Waals surface area contributed by atoms with Gasteiger partial charge in [0.15, 0.2) is 0 Å². The van der Waals surface area contributed by atoms with Crippen molar-refractivity contribution in [3.8, 4) is 11.4 Å². The molecule has 0 N–H and O–H groups in total. The van der Waals surface area contributed by atoms with Gasteiger partial charge in [0, 0.05) is 37.4 Å². The Hall–Kier alpha value is -3.82. The van der Waals surface area contributed by atoms with E-state index in [0.717, 1.165) is 10.2 Å². The molecular formula is C30H19BrN2. The largest absolute Gasteiger partial charge is 0.309 e. The highest BCUT2D eigenvalue weighted by atomic mass is 79.9. The first-order chi connectivity index (χ1) is 16.3. The lowest BCUT2D eigenvalue weighted by molar-refractivity contribution is 1.17. The lowest BCUT2D eigenvalue weighted by atomic mass is 10.1. The molecule has 0 fully saturated rings. The molecule has 7 rings (SSSR count). The van der Waals surface area contributed by atoms with E-state index < -0.39 is 0 Å². The van der Waals surface area contributed by atoms with Crippen LogP contribution in [-0.2, 0) is 0 Å². The van der Waals surface area contributed by atoms with Gasteiger partial charge in [0.05, 0.1) is 22.1 Å². The average Bonchev–Trinajstić information content (AvgIpc) is 3.37. The molecule has 0 aliphatic rings. The Morgan fingerprint density at radius 2 is 1.09 bits per heavy atom. The Bertz CT molecular complexity index is 1810. The van der Waals surface area contributed by atoms with E-state index in [2.05, 4.69) is 140 Å². The normalized spacial score (nSPS) is 11.8. The van der Waals surface area contributed by atoms with Crippen LogP contribution in [0.15, 0.2) is 120 Å². The molecule has 0 spiro atoms. The molecule has 0 radical (unpaired) electrons. The smallest absolute Gasteiger partial charge is 0.0641 e. The van der Waals surface area contributed by atoms with Crippen LogP contribution in [0.5, 0.6) is 0 Å². The summed E-state index contributed by atoms with van der Waals surface area (Å²) < 4.78 is 5.88. The van der Waals surface area contributed by atoms with Gasteiger partial charge in [0.1, 0.15) is 0 Å². The lowest BCUT2D eigenvalue weighted by Crippen LogP contribution is -1.95. The van der Waals surface area contributed by atoms with Crippen LogP contribution in [0.1, 0.15) is 0 Å². The summed E-state index contributed by atoms with van der Waals surface area (Å²) in [5.74, 6) is 0. The number of nitrogens with zero attached hydrogens (tertiary/aromatic N) is 2. The van der Waals surface area contributed by atoms with E-state index in [1.807, 2.05) is 0 Å². The van der Waals surface area contributed by atoms with Gasteiger partial charge in [-0.25, -0.2) is 0 Å². The fraction of sp³-hybridized carbons (Fsp3) is 0. The van der Waals surface area contributed by atoms with E-state index in [0.29, 0.717) is 0 Å². The number of hydrogen-bond donors (Lipinski definition) is 0. The molecule has 33 heavy (non-hydrogen) atoms. The van der Waals surface area contributed by atoms with Crippen molar-refractivity contribution >= 4 is 59.5 Å². The molecule has 5 aromatic carbocycles. The Morgan fingerprint density at radius 3 is 1.85 bits per heavy atom. The van der Waals surface area contributed by atoms with Gasteiger partial charge < -0.3 is 9.13 Å². The van der Waals surface area contributed by atoms with Crippen LogP contribution >= 0.6 is 15.9 Å². The molecular weight excluding hydrogens is 468 g/mol. The summed E-state index contributed by atoms with van der Waals surface area (Å²) in [5, 5.41) is 5.08. The first kappa shape index (κ1) is 18.7. The second-order valence-electron chi connectivity index (χ2n) is 8.38. The zero-order valence-electron chi connectivity index (χ0n) is 17.7. The molecule has 0 saturated heterocycles. The van der Waals surface area contributed by atoms with Gasteiger partial charge in [-0.15, -0.1) is 0 Å². The molecule has 7 aromatic rings. The van der Waals surface area contributed by atoms with Gasteiger partial charge in [-0.3, -0.25) is 0 Å². The fourth-order valence-electron chi connectivity index (χ4n) is 5.23. The molecule has 0 bridgehead atoms. The summed E-state index contributed by atoms with van der Waals surface area (Å²) in [6, 6.07) is 41.2. The first-order valence-corrected chi connectivity index (χ1v) is 11.9. The van der Waals surface area contributed by atoms with Gasteiger partial charge >= 0.3 is 0 Å². The molecule has 3 heteroatoms. The maximum absolute atomic E-state index is 3.71. The van der Waals surface area contributed by atoms with Crippen LogP contribution in [0.4, 0.5) is 0 Å². The molecule has 0 saturated carbocycles. The second kappa shape index (κ2) is 7.09. The minimum Gasteiger partial charge on any atom is -0.309 e. The summed E-state index contributed by atoms with van der Waals surface area (Å²) in [6.07, 6.45) is 0. The summed E-state index contributed by atoms with van der Waals surface area (Å²) in [7, 11) is 0. The van der Waals surface area contributed by atoms with Gasteiger partial charge in [0.25, 0.3) is 0 Å². The van der Waals surface area contributed by atoms with Gasteiger partial charge in [-0.05, 0) is 48.5 Å². The van der Waals surface area contributed by atoms with E-state index in [1.165, 1.54) is 49.3 Å². The van der Waals surface area contributed by atoms with Crippen molar-refractivity contribution in [2.45, 2.75) is 0 Å². The predicted octanol–water partition coefficient (Wildman–Crippen LogP) is 8.64. The zero-order valence-corrected chi connectivity index (χ0v) is 19.3. The molecule has 2 aromatic heterocycles. The average molecular weight is 487 g/mol. The Balaban J connectivity index is 1.78. The van der Waals surface area contributed by atoms with Crippen LogP contribution < -0.4 is 0 Å². The zero-order chi connectivity index (χ0) is 21.9. The summed E-state index contributed by atoms with van der Waals surface area (Å²) in [6.45, 7) is 0. The minimum absolute atomic E-state index is 1.08. The predicted molar refractivity (Wildman–Crippen MR) is 143 cm³/mol. The van der Waals surface area contributed by atoms with Crippen LogP contribution in [0.2, 0.25) is 0 Å². The Morgan fingerprint density at radius 1 is 0.455 bits per heavy atom. The number of para-hydroxylation sites is 3. The number of hydrogen-bond acceptors (Lipinski definition) is 0. The first-order valence-electron chi connectivity index (χ1n) is 11.1. The second-order valence-corrected chi connectivity index (χ2v) is 9.29. The highest BCUT2D eigenvalue weighted by Gasteiger charge is 2.20. The van der Waals surface area contributed by atoms with Crippen molar-refractivity contribution in [1.82, 2.24) is 9.13 Å². The number of aromatic nitrogens is 2. The molecule has 156 valence electrons. The third kappa shape index (κ3) is 2.66. The van der Waals surface area contributed by atoms with E-state index in [1.54, 1.807) is 0 Å². The van der Waals surface area contributed by atoms with Crippen molar-refractivity contribution in [3.05, 3.63) is 120 Å². The number of halogens is 1. The molecule has 0 aliphatic carbocycles. The van der Waals surface area contributed by atoms with E-state index in [9.17, 15) is 0 Å². The maximum Gasteiger partial charge on any atom is 0.0641 e. The lowest BCUT2D eigenvalue weighted by Gasteiger charge is -2.10. The molecule has 2 nitrogen and oxygen atoms in total. The highest BCUT2D eigenvalue weighted by molar-refractivity contribution is 9.10. The number of fused-ring (bicyclic) bond motifs is 7. The number of rotatable bonds is 2. The van der Waals surface area contributed by atoms with Crippen molar-refractivity contribution in [2.75, 3.05) is 0 Å². The van der Waals surface area contributed by atoms with Crippen LogP contribution in [0, 0.1) is 0 Å². The molecule has 0 unspecified atom stereocenters. The highest BCUT2D eigenvalue weighted by Crippen LogP contribution is 2.42. The third-order valence-electron chi connectivity index (χ3n) is 6.55. The van der Waals surface area contributed by atoms with Crippen molar-refractivity contribution in [2.24, 2.45) is 0 Å². The molecule has 2 heterocycles. The molecule has 0 atom stereocenters. The van der Waals surface area contributed by atoms with Crippen molar-refractivity contribution in [3.63, 3.8) is 0 Å². The van der Waals surface area contributed by atoms with Crippen LogP contribution in [0.3, 0.4) is 0 Å². The van der Waals surface area contributed by atoms with E-state index in [4.69, 9.17) is 0 Å². The summed E-state index contributed by atoms with van der Waals surface area (Å²) >= 11 is 3.71. The monoisotopic (exact) mass is 486 g/mol. The van der Waals surface area contributed by atoms with Crippen LogP contribution in [0.25, 0.3) is 55.0 Å². The fourth-order valence-corrected chi connectivity index (χ4v) is 5.58. The quantitative estimate of drug-likeness (QED) is 0.231. The summed E-state index contributed by atoms with van der Waals surface area (Å²) in [4.78, 5) is 0. The van der Waals surface area contributed by atoms with E-state index >= 15 is 0 Å². The van der Waals surface area contributed by atoms with Gasteiger partial charge in [-0.1, -0.05) is 82.7 Å². The van der Waals surface area contributed by atoms with E-state index in [-0.39, 0.29) is 0 Å². The van der Waals surface area contributed by atoms with Gasteiger partial charge in [0.2, 0.25) is 0 Å². The van der Waals surface area contributed by atoms with Crippen molar-refractivity contribution < 1.29 is 0 Å². The standard InChI is InChI=1S/C30H19BrN2/c31-20-15-16-25-28(19-20)32(21-9-3-1-4-10-21)27-18-17-24-23-13-7-8-14-26(23)33(30(24)29(25)27)22-11-5-2-6-12-22/h1-19H. The van der Waals surface area contributed by atoms with Crippen molar-refractivity contribution in [1.29, 1.82) is 0 Å².